The summed E-state index contributed by atoms with van der Waals surface area (Å²) >= 11 is 0. The van der Waals surface area contributed by atoms with Crippen LogP contribution in [0.5, 0.6) is 0 Å². The minimum atomic E-state index is 0.801. The highest BCUT2D eigenvalue weighted by atomic mass is 15.1. The maximum atomic E-state index is 3.82. The Morgan fingerprint density at radius 1 is 0.941 bits per heavy atom. The third-order valence-electron chi connectivity index (χ3n) is 4.96. The van der Waals surface area contributed by atoms with Crippen molar-refractivity contribution in [3.8, 4) is 0 Å². The summed E-state index contributed by atoms with van der Waals surface area (Å²) in [7, 11) is 2.24. The minimum Gasteiger partial charge on any atom is -0.314 e. The number of nitrogens with zero attached hydrogens (tertiary/aromatic N) is 1. The lowest BCUT2D eigenvalue weighted by Crippen LogP contribution is -2.42. The number of rotatable bonds is 4. The average molecular weight is 238 g/mol. The molecule has 1 N–H and O–H groups in total. The van der Waals surface area contributed by atoms with E-state index in [2.05, 4.69) is 24.2 Å². The molecular formula is C15H30N2. The Kier molecular flexibility index (Phi) is 5.30. The van der Waals surface area contributed by atoms with Gasteiger partial charge in [-0.2, -0.15) is 0 Å². The van der Waals surface area contributed by atoms with E-state index in [0.29, 0.717) is 0 Å². The van der Waals surface area contributed by atoms with Crippen LogP contribution in [0.3, 0.4) is 0 Å². The van der Waals surface area contributed by atoms with E-state index < -0.39 is 0 Å². The molecule has 0 aromatic carbocycles. The molecule has 1 saturated heterocycles. The zero-order valence-corrected chi connectivity index (χ0v) is 11.8. The van der Waals surface area contributed by atoms with Crippen LogP contribution in [0.25, 0.3) is 0 Å². The molecule has 2 heteroatoms. The number of hydrogen-bond donors (Lipinski definition) is 1. The molecule has 0 aromatic rings. The zero-order valence-electron chi connectivity index (χ0n) is 11.8. The van der Waals surface area contributed by atoms with E-state index in [0.717, 1.165) is 17.9 Å². The Hall–Kier alpha value is -0.0800. The number of nitrogens with one attached hydrogen (secondary N) is 1. The van der Waals surface area contributed by atoms with Gasteiger partial charge >= 0.3 is 0 Å². The molecule has 0 atom stereocenters. The van der Waals surface area contributed by atoms with Crippen LogP contribution >= 0.6 is 0 Å². The molecule has 100 valence electrons. The third-order valence-corrected chi connectivity index (χ3v) is 4.96. The fraction of sp³-hybridized carbons (Fsp3) is 1.00. The SMILES string of the molecule is CCC1CCC(CNC2CCN(C)CC2)CC1. The van der Waals surface area contributed by atoms with Crippen molar-refractivity contribution < 1.29 is 0 Å². The van der Waals surface area contributed by atoms with Gasteiger partial charge in [-0.15, -0.1) is 0 Å². The molecule has 2 aliphatic rings. The molecule has 0 bridgehead atoms. The van der Waals surface area contributed by atoms with Crippen molar-refractivity contribution >= 4 is 0 Å². The van der Waals surface area contributed by atoms with Gasteiger partial charge in [0, 0.05) is 6.04 Å². The Morgan fingerprint density at radius 2 is 1.53 bits per heavy atom. The van der Waals surface area contributed by atoms with Gasteiger partial charge in [0.1, 0.15) is 0 Å². The Balaban J connectivity index is 1.59. The summed E-state index contributed by atoms with van der Waals surface area (Å²) in [5.41, 5.74) is 0. The van der Waals surface area contributed by atoms with Crippen LogP contribution in [0, 0.1) is 11.8 Å². The summed E-state index contributed by atoms with van der Waals surface area (Å²) < 4.78 is 0. The summed E-state index contributed by atoms with van der Waals surface area (Å²) in [6.45, 7) is 6.19. The summed E-state index contributed by atoms with van der Waals surface area (Å²) in [6, 6.07) is 0.801. The van der Waals surface area contributed by atoms with Crippen molar-refractivity contribution in [3.05, 3.63) is 0 Å². The highest BCUT2D eigenvalue weighted by molar-refractivity contribution is 4.79. The van der Waals surface area contributed by atoms with Gasteiger partial charge in [0.2, 0.25) is 0 Å². The molecule has 2 fully saturated rings. The van der Waals surface area contributed by atoms with Crippen LogP contribution in [0.1, 0.15) is 51.9 Å². The second-order valence-corrected chi connectivity index (χ2v) is 6.28. The monoisotopic (exact) mass is 238 g/mol. The van der Waals surface area contributed by atoms with Crippen molar-refractivity contribution in [3.63, 3.8) is 0 Å². The van der Waals surface area contributed by atoms with Crippen LogP contribution in [-0.4, -0.2) is 37.6 Å². The molecule has 17 heavy (non-hydrogen) atoms. The molecule has 1 aliphatic heterocycles. The van der Waals surface area contributed by atoms with Crippen LogP contribution < -0.4 is 5.32 Å². The van der Waals surface area contributed by atoms with E-state index in [1.807, 2.05) is 0 Å². The highest BCUT2D eigenvalue weighted by Gasteiger charge is 2.21. The maximum absolute atomic E-state index is 3.82. The highest BCUT2D eigenvalue weighted by Crippen LogP contribution is 2.30. The van der Waals surface area contributed by atoms with Gasteiger partial charge < -0.3 is 10.2 Å². The molecule has 0 aromatic heterocycles. The van der Waals surface area contributed by atoms with E-state index in [4.69, 9.17) is 0 Å². The molecule has 2 rings (SSSR count). The summed E-state index contributed by atoms with van der Waals surface area (Å²) in [6.07, 6.45) is 10.00. The predicted molar refractivity (Wildman–Crippen MR) is 74.3 cm³/mol. The van der Waals surface area contributed by atoms with Crippen LogP contribution in [0.4, 0.5) is 0 Å². The third kappa shape index (κ3) is 4.26. The molecule has 0 spiro atoms. The second-order valence-electron chi connectivity index (χ2n) is 6.28. The van der Waals surface area contributed by atoms with E-state index in [-0.39, 0.29) is 0 Å². The average Bonchev–Trinajstić information content (AvgIpc) is 2.39. The zero-order chi connectivity index (χ0) is 12.1. The minimum absolute atomic E-state index is 0.801. The Bertz CT molecular complexity index is 201. The first-order chi connectivity index (χ1) is 8.28. The van der Waals surface area contributed by atoms with E-state index in [1.165, 1.54) is 64.6 Å². The van der Waals surface area contributed by atoms with Crippen LogP contribution in [0.15, 0.2) is 0 Å². The second kappa shape index (κ2) is 6.75. The standard InChI is InChI=1S/C15H30N2/c1-3-13-4-6-14(7-5-13)12-16-15-8-10-17(2)11-9-15/h13-16H,3-12H2,1-2H3. The lowest BCUT2D eigenvalue weighted by Gasteiger charge is -2.33. The maximum Gasteiger partial charge on any atom is 0.00915 e. The van der Waals surface area contributed by atoms with Gasteiger partial charge in [-0.3, -0.25) is 0 Å². The van der Waals surface area contributed by atoms with Gasteiger partial charge in [0.15, 0.2) is 0 Å². The van der Waals surface area contributed by atoms with Crippen molar-refractivity contribution in [2.24, 2.45) is 11.8 Å². The van der Waals surface area contributed by atoms with Crippen LogP contribution in [0.2, 0.25) is 0 Å². The van der Waals surface area contributed by atoms with Crippen LogP contribution in [-0.2, 0) is 0 Å². The topological polar surface area (TPSA) is 15.3 Å². The number of likely N-dealkylation sites (tertiary alicyclic amines) is 1. The molecule has 2 nitrogen and oxygen atoms in total. The van der Waals surface area contributed by atoms with Gasteiger partial charge in [-0.05, 0) is 64.2 Å². The number of hydrogen-bond acceptors (Lipinski definition) is 2. The Labute approximate surface area is 107 Å². The van der Waals surface area contributed by atoms with Crippen molar-refractivity contribution in [1.29, 1.82) is 0 Å². The van der Waals surface area contributed by atoms with Crippen molar-refractivity contribution in [2.75, 3.05) is 26.7 Å². The normalized spacial score (nSPS) is 32.8. The molecule has 1 saturated carbocycles. The lowest BCUT2D eigenvalue weighted by molar-refractivity contribution is 0.213. The smallest absolute Gasteiger partial charge is 0.00915 e. The molecule has 1 aliphatic carbocycles. The molecule has 0 amide bonds. The molecule has 1 heterocycles. The number of piperidine rings is 1. The fourth-order valence-electron chi connectivity index (χ4n) is 3.39. The predicted octanol–water partition coefficient (Wildman–Crippen LogP) is 2.89. The van der Waals surface area contributed by atoms with Gasteiger partial charge in [0.05, 0.1) is 0 Å². The first-order valence-corrected chi connectivity index (χ1v) is 7.69. The summed E-state index contributed by atoms with van der Waals surface area (Å²) in [5.74, 6) is 2.01. The summed E-state index contributed by atoms with van der Waals surface area (Å²) in [4.78, 5) is 2.45. The van der Waals surface area contributed by atoms with Gasteiger partial charge in [-0.25, -0.2) is 0 Å². The molecule has 0 radical (unpaired) electrons. The molecule has 0 unspecified atom stereocenters. The van der Waals surface area contributed by atoms with Gasteiger partial charge in [-0.1, -0.05) is 26.2 Å². The van der Waals surface area contributed by atoms with Crippen molar-refractivity contribution in [1.82, 2.24) is 10.2 Å². The van der Waals surface area contributed by atoms with E-state index in [1.54, 1.807) is 0 Å². The van der Waals surface area contributed by atoms with E-state index in [9.17, 15) is 0 Å². The quantitative estimate of drug-likeness (QED) is 0.810. The fourth-order valence-corrected chi connectivity index (χ4v) is 3.39. The molecular weight excluding hydrogens is 208 g/mol. The van der Waals surface area contributed by atoms with Crippen molar-refractivity contribution in [2.45, 2.75) is 57.9 Å². The largest absolute Gasteiger partial charge is 0.314 e. The summed E-state index contributed by atoms with van der Waals surface area (Å²) in [5, 5.41) is 3.82. The Morgan fingerprint density at radius 3 is 2.12 bits per heavy atom. The lowest BCUT2D eigenvalue weighted by atomic mass is 9.81. The first-order valence-electron chi connectivity index (χ1n) is 7.69. The van der Waals surface area contributed by atoms with Gasteiger partial charge in [0.25, 0.3) is 0 Å². The first kappa shape index (κ1) is 13.4. The van der Waals surface area contributed by atoms with E-state index >= 15 is 0 Å².